The maximum absolute atomic E-state index is 12.2. The number of benzene rings is 2. The van der Waals surface area contributed by atoms with Crippen molar-refractivity contribution in [3.63, 3.8) is 0 Å². The van der Waals surface area contributed by atoms with Gasteiger partial charge in [-0.1, -0.05) is 49.4 Å². The average molecular weight is 426 g/mol. The fourth-order valence-electron chi connectivity index (χ4n) is 3.23. The molecule has 0 bridgehead atoms. The second kappa shape index (κ2) is 9.65. The molecular formula is C24H22N6O2. The van der Waals surface area contributed by atoms with E-state index in [0.717, 1.165) is 34.1 Å². The number of fused-ring (bicyclic) bond motifs is 1. The van der Waals surface area contributed by atoms with E-state index >= 15 is 0 Å². The minimum atomic E-state index is -0.525. The van der Waals surface area contributed by atoms with Gasteiger partial charge in [-0.05, 0) is 30.2 Å². The van der Waals surface area contributed by atoms with Crippen LogP contribution in [-0.4, -0.2) is 25.9 Å². The Labute approximate surface area is 185 Å². The first-order chi connectivity index (χ1) is 15.6. The van der Waals surface area contributed by atoms with Crippen LogP contribution in [0.3, 0.4) is 0 Å². The van der Waals surface area contributed by atoms with E-state index in [1.165, 1.54) is 6.08 Å². The lowest BCUT2D eigenvalue weighted by Crippen LogP contribution is -2.10. The van der Waals surface area contributed by atoms with E-state index < -0.39 is 5.97 Å². The molecule has 4 aromatic rings. The predicted molar refractivity (Wildman–Crippen MR) is 124 cm³/mol. The summed E-state index contributed by atoms with van der Waals surface area (Å²) in [5.41, 5.74) is 9.45. The quantitative estimate of drug-likeness (QED) is 0.336. The molecule has 0 atom stereocenters. The van der Waals surface area contributed by atoms with Crippen molar-refractivity contribution in [3.05, 3.63) is 83.8 Å². The third kappa shape index (κ3) is 5.04. The van der Waals surface area contributed by atoms with Crippen molar-refractivity contribution in [2.24, 2.45) is 0 Å². The maximum atomic E-state index is 12.2. The van der Waals surface area contributed by atoms with Gasteiger partial charge in [0.05, 0.1) is 5.52 Å². The Morgan fingerprint density at radius 3 is 2.78 bits per heavy atom. The highest BCUT2D eigenvalue weighted by Crippen LogP contribution is 2.20. The number of ether oxygens (including phenoxy) is 1. The van der Waals surface area contributed by atoms with Crippen LogP contribution in [0.2, 0.25) is 0 Å². The number of nitrogens with two attached hydrogens (primary N) is 1. The molecule has 0 aliphatic carbocycles. The fraction of sp³-hybridized carbons (Fsp3) is 0.125. The molecule has 0 amide bonds. The number of anilines is 3. The standard InChI is InChI=1S/C24H22N6O2/c1-2-16-7-3-4-11-19(16)27-24-29-20(28-23(25)30-24)15-32-21(31)13-12-18-9-5-8-17-10-6-14-26-22(17)18/h3-14H,2,15H2,1H3,(H3,25,27,28,29,30). The number of hydrogen-bond acceptors (Lipinski definition) is 8. The van der Waals surface area contributed by atoms with Gasteiger partial charge in [0, 0.05) is 28.9 Å². The summed E-state index contributed by atoms with van der Waals surface area (Å²) in [5.74, 6) is 0.0621. The second-order valence-electron chi connectivity index (χ2n) is 6.93. The molecule has 0 unspecified atom stereocenters. The van der Waals surface area contributed by atoms with E-state index in [-0.39, 0.29) is 18.4 Å². The smallest absolute Gasteiger partial charge is 0.331 e. The number of esters is 1. The van der Waals surface area contributed by atoms with Crippen molar-refractivity contribution in [2.45, 2.75) is 20.0 Å². The van der Waals surface area contributed by atoms with Crippen molar-refractivity contribution < 1.29 is 9.53 Å². The normalized spacial score (nSPS) is 11.0. The minimum Gasteiger partial charge on any atom is -0.454 e. The van der Waals surface area contributed by atoms with Crippen LogP contribution in [0.25, 0.3) is 17.0 Å². The topological polar surface area (TPSA) is 116 Å². The average Bonchev–Trinajstić information content (AvgIpc) is 2.81. The summed E-state index contributed by atoms with van der Waals surface area (Å²) < 4.78 is 5.28. The first-order valence-electron chi connectivity index (χ1n) is 10.2. The van der Waals surface area contributed by atoms with Gasteiger partial charge in [-0.2, -0.15) is 15.0 Å². The summed E-state index contributed by atoms with van der Waals surface area (Å²) in [5, 5.41) is 4.15. The maximum Gasteiger partial charge on any atom is 0.331 e. The molecule has 0 spiro atoms. The van der Waals surface area contributed by atoms with Crippen molar-refractivity contribution in [2.75, 3.05) is 11.1 Å². The Hall–Kier alpha value is -4.33. The molecule has 2 heterocycles. The van der Waals surface area contributed by atoms with E-state index in [9.17, 15) is 4.79 Å². The van der Waals surface area contributed by atoms with E-state index in [0.29, 0.717) is 5.95 Å². The molecule has 0 saturated heterocycles. The van der Waals surface area contributed by atoms with Crippen LogP contribution in [0.15, 0.2) is 66.9 Å². The number of aromatic nitrogens is 4. The highest BCUT2D eigenvalue weighted by atomic mass is 16.5. The fourth-order valence-corrected chi connectivity index (χ4v) is 3.23. The molecule has 32 heavy (non-hydrogen) atoms. The van der Waals surface area contributed by atoms with Crippen LogP contribution in [0.4, 0.5) is 17.6 Å². The van der Waals surface area contributed by atoms with Gasteiger partial charge in [-0.3, -0.25) is 4.98 Å². The largest absolute Gasteiger partial charge is 0.454 e. The van der Waals surface area contributed by atoms with Crippen LogP contribution in [0, 0.1) is 0 Å². The SMILES string of the molecule is CCc1ccccc1Nc1nc(N)nc(COC(=O)C=Cc2cccc3cccnc23)n1. The van der Waals surface area contributed by atoms with Gasteiger partial charge in [0.25, 0.3) is 0 Å². The van der Waals surface area contributed by atoms with E-state index in [4.69, 9.17) is 10.5 Å². The Balaban J connectivity index is 1.43. The summed E-state index contributed by atoms with van der Waals surface area (Å²) in [4.78, 5) is 29.1. The van der Waals surface area contributed by atoms with Crippen molar-refractivity contribution in [1.29, 1.82) is 0 Å². The number of hydrogen-bond donors (Lipinski definition) is 2. The summed E-state index contributed by atoms with van der Waals surface area (Å²) >= 11 is 0. The number of nitrogens with zero attached hydrogens (tertiary/aromatic N) is 4. The second-order valence-corrected chi connectivity index (χ2v) is 6.93. The van der Waals surface area contributed by atoms with Crippen LogP contribution in [0.1, 0.15) is 23.9 Å². The van der Waals surface area contributed by atoms with Gasteiger partial charge >= 0.3 is 5.97 Å². The molecule has 0 fully saturated rings. The Morgan fingerprint density at radius 2 is 1.91 bits per heavy atom. The molecule has 3 N–H and O–H groups in total. The zero-order valence-corrected chi connectivity index (χ0v) is 17.5. The molecule has 0 saturated carbocycles. The number of rotatable bonds is 7. The molecule has 2 aromatic carbocycles. The lowest BCUT2D eigenvalue weighted by molar-refractivity contribution is -0.139. The van der Waals surface area contributed by atoms with Gasteiger partial charge in [-0.15, -0.1) is 0 Å². The van der Waals surface area contributed by atoms with Crippen molar-refractivity contribution in [1.82, 2.24) is 19.9 Å². The summed E-state index contributed by atoms with van der Waals surface area (Å²) in [6.07, 6.45) is 5.60. The highest BCUT2D eigenvalue weighted by molar-refractivity contribution is 5.92. The molecule has 4 rings (SSSR count). The zero-order valence-electron chi connectivity index (χ0n) is 17.5. The van der Waals surface area contributed by atoms with Gasteiger partial charge in [0.15, 0.2) is 12.4 Å². The van der Waals surface area contributed by atoms with Crippen molar-refractivity contribution >= 4 is 40.5 Å². The van der Waals surface area contributed by atoms with Gasteiger partial charge < -0.3 is 15.8 Å². The molecule has 8 heteroatoms. The first kappa shape index (κ1) is 20.9. The van der Waals surface area contributed by atoms with E-state index in [1.807, 2.05) is 54.6 Å². The van der Waals surface area contributed by atoms with Crippen LogP contribution in [-0.2, 0) is 22.6 Å². The molecule has 8 nitrogen and oxygen atoms in total. The van der Waals surface area contributed by atoms with Crippen LogP contribution < -0.4 is 11.1 Å². The Morgan fingerprint density at radius 1 is 1.06 bits per heavy atom. The Kier molecular flexibility index (Phi) is 6.31. The third-order valence-electron chi connectivity index (χ3n) is 4.75. The summed E-state index contributed by atoms with van der Waals surface area (Å²) in [6.45, 7) is 1.93. The highest BCUT2D eigenvalue weighted by Gasteiger charge is 2.09. The number of pyridine rings is 1. The van der Waals surface area contributed by atoms with Crippen LogP contribution in [0.5, 0.6) is 0 Å². The van der Waals surface area contributed by atoms with E-state index in [1.54, 1.807) is 12.3 Å². The predicted octanol–water partition coefficient (Wildman–Crippen LogP) is 4.06. The number of aryl methyl sites for hydroxylation is 1. The van der Waals surface area contributed by atoms with E-state index in [2.05, 4.69) is 32.2 Å². The molecule has 0 radical (unpaired) electrons. The number of carbonyl (C=O) groups is 1. The monoisotopic (exact) mass is 426 g/mol. The Bertz CT molecular complexity index is 1280. The summed E-state index contributed by atoms with van der Waals surface area (Å²) in [6, 6.07) is 17.4. The number of nitrogens with one attached hydrogen (secondary N) is 1. The molecule has 0 aliphatic heterocycles. The number of nitrogen functional groups attached to an aromatic ring is 1. The minimum absolute atomic E-state index is 0.0416. The lowest BCUT2D eigenvalue weighted by atomic mass is 10.1. The number of carbonyl (C=O) groups excluding carboxylic acids is 1. The lowest BCUT2D eigenvalue weighted by Gasteiger charge is -2.10. The molecule has 0 aliphatic rings. The van der Waals surface area contributed by atoms with Gasteiger partial charge in [-0.25, -0.2) is 4.79 Å². The van der Waals surface area contributed by atoms with Gasteiger partial charge in [0.1, 0.15) is 0 Å². The van der Waals surface area contributed by atoms with Crippen LogP contribution >= 0.6 is 0 Å². The molecule has 160 valence electrons. The van der Waals surface area contributed by atoms with Crippen molar-refractivity contribution in [3.8, 4) is 0 Å². The molecular weight excluding hydrogens is 404 g/mol. The first-order valence-corrected chi connectivity index (χ1v) is 10.2. The third-order valence-corrected chi connectivity index (χ3v) is 4.75. The van der Waals surface area contributed by atoms with Gasteiger partial charge in [0.2, 0.25) is 11.9 Å². The molecule has 2 aromatic heterocycles. The zero-order chi connectivity index (χ0) is 22.3. The summed E-state index contributed by atoms with van der Waals surface area (Å²) in [7, 11) is 0. The number of para-hydroxylation sites is 2.